The van der Waals surface area contributed by atoms with E-state index in [4.69, 9.17) is 4.98 Å². The van der Waals surface area contributed by atoms with Crippen molar-refractivity contribution in [1.82, 2.24) is 13.9 Å². The Hall–Kier alpha value is -3.29. The van der Waals surface area contributed by atoms with Gasteiger partial charge in [-0.25, -0.2) is 13.4 Å². The van der Waals surface area contributed by atoms with E-state index in [1.165, 1.54) is 15.9 Å². The van der Waals surface area contributed by atoms with Gasteiger partial charge in [0, 0.05) is 7.05 Å². The van der Waals surface area contributed by atoms with Gasteiger partial charge in [-0.3, -0.25) is 9.36 Å². The Morgan fingerprint density at radius 1 is 0.853 bits per heavy atom. The summed E-state index contributed by atoms with van der Waals surface area (Å²) in [6.07, 6.45) is 0. The second kappa shape index (κ2) is 8.81. The van der Waals surface area contributed by atoms with Crippen molar-refractivity contribution in [3.05, 3.63) is 98.6 Å². The highest BCUT2D eigenvalue weighted by Crippen LogP contribution is 2.26. The van der Waals surface area contributed by atoms with Gasteiger partial charge in [0.2, 0.25) is 10.0 Å². The molecule has 0 aliphatic rings. The zero-order valence-corrected chi connectivity index (χ0v) is 21.2. The van der Waals surface area contributed by atoms with Crippen molar-refractivity contribution in [2.45, 2.75) is 46.1 Å². The molecule has 0 spiro atoms. The first kappa shape index (κ1) is 23.9. The normalized spacial score (nSPS) is 12.0. The highest BCUT2D eigenvalue weighted by molar-refractivity contribution is 7.89. The van der Waals surface area contributed by atoms with Gasteiger partial charge < -0.3 is 0 Å². The van der Waals surface area contributed by atoms with Crippen molar-refractivity contribution in [2.24, 2.45) is 0 Å². The number of benzene rings is 3. The van der Waals surface area contributed by atoms with Crippen LogP contribution in [0.5, 0.6) is 0 Å². The summed E-state index contributed by atoms with van der Waals surface area (Å²) in [5, 5.41) is 0.488. The number of fused-ring (bicyclic) bond motifs is 1. The van der Waals surface area contributed by atoms with Crippen LogP contribution < -0.4 is 5.56 Å². The van der Waals surface area contributed by atoms with Gasteiger partial charge in [-0.05, 0) is 69.5 Å². The lowest BCUT2D eigenvalue weighted by Crippen LogP contribution is -2.32. The number of hydrogen-bond acceptors (Lipinski definition) is 4. The van der Waals surface area contributed by atoms with Crippen LogP contribution in [0.4, 0.5) is 0 Å². The van der Waals surface area contributed by atoms with Gasteiger partial charge in [0.25, 0.3) is 5.56 Å². The van der Waals surface area contributed by atoms with E-state index in [1.807, 2.05) is 57.2 Å². The van der Waals surface area contributed by atoms with Gasteiger partial charge in [0.15, 0.2) is 0 Å². The summed E-state index contributed by atoms with van der Waals surface area (Å²) in [4.78, 5) is 18.6. The predicted molar refractivity (Wildman–Crippen MR) is 136 cm³/mol. The lowest BCUT2D eigenvalue weighted by atomic mass is 10.1. The van der Waals surface area contributed by atoms with Crippen molar-refractivity contribution in [3.8, 4) is 5.69 Å². The Bertz CT molecular complexity index is 1560. The fourth-order valence-electron chi connectivity index (χ4n) is 4.60. The summed E-state index contributed by atoms with van der Waals surface area (Å²) in [5.74, 6) is 0.365. The maximum Gasteiger partial charge on any atom is 0.266 e. The molecule has 4 rings (SSSR count). The van der Waals surface area contributed by atoms with Crippen molar-refractivity contribution < 1.29 is 8.42 Å². The van der Waals surface area contributed by atoms with Gasteiger partial charge in [-0.15, -0.1) is 0 Å². The molecule has 0 radical (unpaired) electrons. The maximum absolute atomic E-state index is 13.6. The number of nitrogens with zero attached hydrogens (tertiary/aromatic N) is 3. The number of aromatic nitrogens is 2. The van der Waals surface area contributed by atoms with Crippen LogP contribution in [0.15, 0.2) is 64.3 Å². The first-order valence-corrected chi connectivity index (χ1v) is 12.6. The highest BCUT2D eigenvalue weighted by atomic mass is 32.2. The molecular weight excluding hydrogens is 446 g/mol. The van der Waals surface area contributed by atoms with E-state index in [9.17, 15) is 13.2 Å². The first-order chi connectivity index (χ1) is 16.0. The molecule has 176 valence electrons. The molecule has 0 aliphatic heterocycles. The molecule has 0 N–H and O–H groups in total. The summed E-state index contributed by atoms with van der Waals surface area (Å²) in [6, 6.07) is 16.7. The smallest absolute Gasteiger partial charge is 0.266 e. The maximum atomic E-state index is 13.6. The minimum Gasteiger partial charge on any atom is -0.268 e. The van der Waals surface area contributed by atoms with Crippen LogP contribution >= 0.6 is 0 Å². The van der Waals surface area contributed by atoms with Crippen LogP contribution in [-0.2, 0) is 16.6 Å². The Balaban J connectivity index is 1.90. The third kappa shape index (κ3) is 4.17. The highest BCUT2D eigenvalue weighted by Gasteiger charge is 2.27. The second-order valence-electron chi connectivity index (χ2n) is 8.96. The van der Waals surface area contributed by atoms with Crippen LogP contribution in [0.25, 0.3) is 16.6 Å². The fourth-order valence-corrected chi connectivity index (χ4v) is 6.13. The monoisotopic (exact) mass is 475 g/mol. The van der Waals surface area contributed by atoms with Gasteiger partial charge in [-0.1, -0.05) is 47.5 Å². The molecule has 34 heavy (non-hydrogen) atoms. The molecule has 0 fully saturated rings. The summed E-state index contributed by atoms with van der Waals surface area (Å²) >= 11 is 0. The quantitative estimate of drug-likeness (QED) is 0.418. The molecule has 0 amide bonds. The summed E-state index contributed by atoms with van der Waals surface area (Å²) < 4.78 is 30.0. The van der Waals surface area contributed by atoms with Crippen LogP contribution in [0.3, 0.4) is 0 Å². The van der Waals surface area contributed by atoms with Crippen LogP contribution in [0.2, 0.25) is 0 Å². The summed E-state index contributed by atoms with van der Waals surface area (Å²) in [5.41, 5.74) is 5.41. The third-order valence-corrected chi connectivity index (χ3v) is 8.18. The van der Waals surface area contributed by atoms with Crippen molar-refractivity contribution in [2.75, 3.05) is 7.05 Å². The van der Waals surface area contributed by atoms with E-state index in [1.54, 1.807) is 32.0 Å². The largest absolute Gasteiger partial charge is 0.268 e. The van der Waals surface area contributed by atoms with E-state index in [2.05, 4.69) is 0 Å². The van der Waals surface area contributed by atoms with Crippen molar-refractivity contribution >= 4 is 20.9 Å². The molecule has 1 heterocycles. The lowest BCUT2D eigenvalue weighted by Gasteiger charge is -2.22. The van der Waals surface area contributed by atoms with Crippen molar-refractivity contribution in [1.29, 1.82) is 0 Å². The van der Waals surface area contributed by atoms with E-state index in [-0.39, 0.29) is 12.1 Å². The zero-order valence-electron chi connectivity index (χ0n) is 20.4. The standard InChI is InChI=1S/C27H29N3O3S/c1-17-11-12-24(19(3)13-17)30-25(28-23-10-8-7-9-22(23)27(30)31)16-29(6)34(32,33)26-20(4)14-18(2)15-21(26)5/h7-15H,16H2,1-6H3. The topological polar surface area (TPSA) is 72.3 Å². The van der Waals surface area contributed by atoms with Crippen molar-refractivity contribution in [3.63, 3.8) is 0 Å². The minimum atomic E-state index is -3.82. The number of hydrogen-bond donors (Lipinski definition) is 0. The average Bonchev–Trinajstić information content (AvgIpc) is 2.74. The molecule has 0 saturated carbocycles. The molecular formula is C27H29N3O3S. The summed E-state index contributed by atoms with van der Waals surface area (Å²) in [6.45, 7) is 9.43. The zero-order chi connectivity index (χ0) is 24.8. The van der Waals surface area contributed by atoms with Crippen LogP contribution in [-0.4, -0.2) is 29.3 Å². The van der Waals surface area contributed by atoms with Gasteiger partial charge >= 0.3 is 0 Å². The van der Waals surface area contributed by atoms with E-state index in [0.717, 1.165) is 16.7 Å². The predicted octanol–water partition coefficient (Wildman–Crippen LogP) is 4.75. The third-order valence-electron chi connectivity index (χ3n) is 6.08. The number of aryl methyl sites for hydroxylation is 5. The SMILES string of the molecule is Cc1ccc(-n2c(CN(C)S(=O)(=O)c3c(C)cc(C)cc3C)nc3ccccc3c2=O)c(C)c1. The molecule has 4 aromatic rings. The molecule has 3 aromatic carbocycles. The fraction of sp³-hybridized carbons (Fsp3) is 0.259. The molecule has 0 atom stereocenters. The van der Waals surface area contributed by atoms with Crippen LogP contribution in [0, 0.1) is 34.6 Å². The average molecular weight is 476 g/mol. The molecule has 0 aliphatic carbocycles. The van der Waals surface area contributed by atoms with Gasteiger partial charge in [0.1, 0.15) is 5.82 Å². The molecule has 0 unspecified atom stereocenters. The minimum absolute atomic E-state index is 0.0531. The Kier molecular flexibility index (Phi) is 6.18. The molecule has 0 saturated heterocycles. The number of rotatable bonds is 5. The Labute approximate surface area is 200 Å². The molecule has 0 bridgehead atoms. The van der Waals surface area contributed by atoms with E-state index >= 15 is 0 Å². The molecule has 7 heteroatoms. The van der Waals surface area contributed by atoms with E-state index < -0.39 is 10.0 Å². The Morgan fingerprint density at radius 3 is 2.12 bits per heavy atom. The number of sulfonamides is 1. The van der Waals surface area contributed by atoms with Gasteiger partial charge in [0.05, 0.1) is 28.0 Å². The lowest BCUT2D eigenvalue weighted by molar-refractivity contribution is 0.451. The number of para-hydroxylation sites is 1. The molecule has 1 aromatic heterocycles. The second-order valence-corrected chi connectivity index (χ2v) is 10.9. The van der Waals surface area contributed by atoms with Gasteiger partial charge in [-0.2, -0.15) is 4.31 Å². The van der Waals surface area contributed by atoms with E-state index in [0.29, 0.717) is 38.4 Å². The first-order valence-electron chi connectivity index (χ1n) is 11.1. The Morgan fingerprint density at radius 2 is 1.47 bits per heavy atom. The van der Waals surface area contributed by atoms with Crippen LogP contribution in [0.1, 0.15) is 33.6 Å². The summed E-state index contributed by atoms with van der Waals surface area (Å²) in [7, 11) is -2.29. The molecule has 6 nitrogen and oxygen atoms in total.